The number of carbonyl (C=O) groups is 2. The lowest BCUT2D eigenvalue weighted by atomic mass is 10.0. The fraction of sp³-hybridized carbons (Fsp3) is 0.438. The molecule has 0 spiro atoms. The van der Waals surface area contributed by atoms with Crippen molar-refractivity contribution >= 4 is 87.1 Å². The van der Waals surface area contributed by atoms with Gasteiger partial charge in [0.15, 0.2) is 0 Å². The highest BCUT2D eigenvalue weighted by molar-refractivity contribution is 7.89. The van der Waals surface area contributed by atoms with Crippen LogP contribution in [0.5, 0.6) is 5.75 Å². The number of hydrogen-bond acceptors (Lipinski definition) is 8. The van der Waals surface area contributed by atoms with Gasteiger partial charge in [-0.1, -0.05) is 35.3 Å². The van der Waals surface area contributed by atoms with Crippen LogP contribution in [-0.4, -0.2) is 79.0 Å². The maximum absolute atomic E-state index is 14.0. The minimum absolute atomic E-state index is 0. The quantitative estimate of drug-likeness (QED) is 0.0830. The van der Waals surface area contributed by atoms with Crippen LogP contribution in [0.15, 0.2) is 46.4 Å². The number of hydrogen-bond donors (Lipinski definition) is 3. The second kappa shape index (κ2) is 17.7. The summed E-state index contributed by atoms with van der Waals surface area (Å²) in [5, 5.41) is 10.3. The van der Waals surface area contributed by atoms with E-state index in [-0.39, 0.29) is 70.8 Å². The molecule has 0 saturated carbocycles. The van der Waals surface area contributed by atoms with E-state index in [4.69, 9.17) is 33.8 Å². The van der Waals surface area contributed by atoms with Crippen molar-refractivity contribution in [2.24, 2.45) is 10.9 Å². The average Bonchev–Trinajstić information content (AvgIpc) is 3.55. The lowest BCUT2D eigenvalue weighted by molar-refractivity contribution is -0.132. The molecule has 3 heterocycles. The summed E-state index contributed by atoms with van der Waals surface area (Å²) in [4.78, 5) is 32.2. The minimum Gasteiger partial charge on any atom is -0.487 e. The van der Waals surface area contributed by atoms with Crippen molar-refractivity contribution in [2.75, 3.05) is 26.2 Å². The predicted octanol–water partition coefficient (Wildman–Crippen LogP) is 4.72. The number of amides is 2. The van der Waals surface area contributed by atoms with E-state index in [0.29, 0.717) is 68.6 Å². The molecule has 3 aromatic rings. The van der Waals surface area contributed by atoms with Crippen molar-refractivity contribution in [1.29, 1.82) is 0 Å². The van der Waals surface area contributed by atoms with E-state index in [9.17, 15) is 18.0 Å². The van der Waals surface area contributed by atoms with Crippen molar-refractivity contribution in [3.05, 3.63) is 63.3 Å². The number of pyridine rings is 1. The largest absolute Gasteiger partial charge is 0.487 e. The second-order valence-electron chi connectivity index (χ2n) is 11.8. The smallest absolute Gasteiger partial charge is 0.245 e. The highest BCUT2D eigenvalue weighted by Crippen LogP contribution is 2.37. The number of benzene rings is 2. The molecular weight excluding hydrogens is 736 g/mol. The summed E-state index contributed by atoms with van der Waals surface area (Å²) in [5.74, 6) is 5.21. The van der Waals surface area contributed by atoms with Crippen LogP contribution in [0.1, 0.15) is 48.9 Å². The predicted molar refractivity (Wildman–Crippen MR) is 196 cm³/mol. The first-order chi connectivity index (χ1) is 22.5. The number of ether oxygens (including phenoxy) is 1. The molecule has 5 rings (SSSR count). The van der Waals surface area contributed by atoms with Gasteiger partial charge in [-0.3, -0.25) is 9.59 Å². The normalized spacial score (nSPS) is 17.1. The van der Waals surface area contributed by atoms with Gasteiger partial charge in [0.2, 0.25) is 21.8 Å². The molecule has 0 aliphatic carbocycles. The van der Waals surface area contributed by atoms with E-state index in [2.05, 4.69) is 20.7 Å². The molecule has 0 unspecified atom stereocenters. The number of nitrogens with one attached hydrogen (secondary N) is 2. The Labute approximate surface area is 309 Å². The number of sulfonamides is 1. The maximum Gasteiger partial charge on any atom is 0.245 e. The Morgan fingerprint density at radius 2 is 1.84 bits per heavy atom. The number of carbonyl (C=O) groups excluding carboxylic acids is 2. The van der Waals surface area contributed by atoms with Gasteiger partial charge in [-0.15, -0.1) is 24.8 Å². The van der Waals surface area contributed by atoms with Gasteiger partial charge in [0.25, 0.3) is 0 Å². The molecule has 0 bridgehead atoms. The van der Waals surface area contributed by atoms with E-state index >= 15 is 0 Å². The number of para-hydroxylation sites is 1. The van der Waals surface area contributed by atoms with Gasteiger partial charge in [-0.25, -0.2) is 13.4 Å². The number of nitrogens with zero attached hydrogens (tertiary/aromatic N) is 4. The number of aryl methyl sites for hydroxylation is 2. The third kappa shape index (κ3) is 9.19. The van der Waals surface area contributed by atoms with Gasteiger partial charge >= 0.3 is 0 Å². The van der Waals surface area contributed by atoms with Crippen molar-refractivity contribution < 1.29 is 22.7 Å². The summed E-state index contributed by atoms with van der Waals surface area (Å²) in [6.07, 6.45) is 3.71. The zero-order valence-electron chi connectivity index (χ0n) is 27.2. The SMILES string of the molecule is Cc1cc(C)c2cccc(OCc3c(Cl)ccc(S(=O)(=O)N4CCC[C@H]4C(=O)NC4CCN(C(=O)CCNC=NN)CC4)c3Cl)c2n1.Cl.Cl. The number of piperidine rings is 1. The first-order valence-electron chi connectivity index (χ1n) is 15.5. The number of nitrogens with two attached hydrogens (primary N) is 1. The summed E-state index contributed by atoms with van der Waals surface area (Å²) >= 11 is 13.3. The van der Waals surface area contributed by atoms with Crippen molar-refractivity contribution in [1.82, 2.24) is 24.8 Å². The molecule has 49 heavy (non-hydrogen) atoms. The van der Waals surface area contributed by atoms with Crippen LogP contribution < -0.4 is 21.2 Å². The van der Waals surface area contributed by atoms with Gasteiger partial charge in [-0.05, 0) is 69.4 Å². The molecule has 2 aliphatic rings. The van der Waals surface area contributed by atoms with E-state index < -0.39 is 16.1 Å². The number of halogens is 4. The lowest BCUT2D eigenvalue weighted by Crippen LogP contribution is -2.52. The molecule has 2 fully saturated rings. The van der Waals surface area contributed by atoms with Gasteiger partial charge in [-0.2, -0.15) is 9.41 Å². The van der Waals surface area contributed by atoms with E-state index in [1.54, 1.807) is 11.0 Å². The van der Waals surface area contributed by atoms with Crippen LogP contribution in [0, 0.1) is 13.8 Å². The molecule has 17 heteroatoms. The van der Waals surface area contributed by atoms with Crippen molar-refractivity contribution in [3.63, 3.8) is 0 Å². The highest BCUT2D eigenvalue weighted by atomic mass is 35.5. The summed E-state index contributed by atoms with van der Waals surface area (Å²) in [6, 6.07) is 9.42. The summed E-state index contributed by atoms with van der Waals surface area (Å²) < 4.78 is 35.3. The Hall–Kier alpha value is -3.07. The number of rotatable bonds is 11. The van der Waals surface area contributed by atoms with Gasteiger partial charge in [0, 0.05) is 60.3 Å². The van der Waals surface area contributed by atoms with Gasteiger partial charge in [0.1, 0.15) is 35.1 Å². The zero-order valence-corrected chi connectivity index (χ0v) is 31.1. The fourth-order valence-electron chi connectivity index (χ4n) is 6.17. The molecule has 2 amide bonds. The van der Waals surface area contributed by atoms with Crippen molar-refractivity contribution in [3.8, 4) is 5.75 Å². The number of hydrazone groups is 1. The van der Waals surface area contributed by atoms with E-state index in [0.717, 1.165) is 16.6 Å². The molecule has 2 aromatic carbocycles. The molecular formula is C32H41Cl4N7O5S. The number of fused-ring (bicyclic) bond motifs is 1. The van der Waals surface area contributed by atoms with Crippen LogP contribution in [-0.2, 0) is 26.2 Å². The Bertz CT molecular complexity index is 1790. The topological polar surface area (TPSA) is 159 Å². The van der Waals surface area contributed by atoms with Crippen LogP contribution in [0.4, 0.5) is 0 Å². The van der Waals surface area contributed by atoms with Crippen LogP contribution in [0.2, 0.25) is 10.0 Å². The summed E-state index contributed by atoms with van der Waals surface area (Å²) in [7, 11) is -4.17. The van der Waals surface area contributed by atoms with Crippen molar-refractivity contribution in [2.45, 2.75) is 69.5 Å². The van der Waals surface area contributed by atoms with Crippen LogP contribution in [0.25, 0.3) is 10.9 Å². The molecule has 4 N–H and O–H groups in total. The molecule has 268 valence electrons. The van der Waals surface area contributed by atoms with Gasteiger partial charge < -0.3 is 26.1 Å². The third-order valence-electron chi connectivity index (χ3n) is 8.60. The molecule has 2 aliphatic heterocycles. The molecule has 12 nitrogen and oxygen atoms in total. The summed E-state index contributed by atoms with van der Waals surface area (Å²) in [5.41, 5.74) is 2.92. The van der Waals surface area contributed by atoms with Crippen LogP contribution >= 0.6 is 48.0 Å². The Morgan fingerprint density at radius 3 is 2.55 bits per heavy atom. The van der Waals surface area contributed by atoms with E-state index in [1.165, 1.54) is 22.8 Å². The summed E-state index contributed by atoms with van der Waals surface area (Å²) in [6.45, 7) is 5.43. The lowest BCUT2D eigenvalue weighted by Gasteiger charge is -2.33. The monoisotopic (exact) mass is 775 g/mol. The minimum atomic E-state index is -4.17. The standard InChI is InChI=1S/C32H39Cl2N7O5S.2ClH/c1-20-17-21(2)38-31-23(20)5-3-7-27(31)46-18-24-25(33)8-9-28(30(24)34)47(44,45)41-14-4-6-26(41)32(43)39-22-11-15-40(16-12-22)29(42)10-13-36-19-37-35;;/h3,5,7-9,17,19,22,26H,4,6,10-16,18,35H2,1-2H3,(H,36,37)(H,39,43);2*1H/t26-;;/m0../s1. The Morgan fingerprint density at radius 1 is 1.10 bits per heavy atom. The first-order valence-corrected chi connectivity index (χ1v) is 17.7. The molecule has 1 aromatic heterocycles. The van der Waals surface area contributed by atoms with Gasteiger partial charge in [0.05, 0.1) is 5.02 Å². The number of likely N-dealkylation sites (tertiary alicyclic amines) is 1. The average molecular weight is 778 g/mol. The number of aromatic nitrogens is 1. The van der Waals surface area contributed by atoms with Crippen LogP contribution in [0.3, 0.4) is 0 Å². The Balaban J connectivity index is 0.00000325. The third-order valence-corrected chi connectivity index (χ3v) is 11.4. The zero-order chi connectivity index (χ0) is 33.7. The van der Waals surface area contributed by atoms with E-state index in [1.807, 2.05) is 32.0 Å². The molecule has 0 radical (unpaired) electrons. The molecule has 2 saturated heterocycles. The highest BCUT2D eigenvalue weighted by Gasteiger charge is 2.41. The Kier molecular flexibility index (Phi) is 14.6. The first kappa shape index (κ1) is 40.4. The maximum atomic E-state index is 14.0. The second-order valence-corrected chi connectivity index (χ2v) is 14.4. The molecule has 1 atom stereocenters. The fourth-order valence-corrected chi connectivity index (χ4v) is 8.69.